The zero-order valence-electron chi connectivity index (χ0n) is 8.75. The zero-order valence-corrected chi connectivity index (χ0v) is 9.65. The van der Waals surface area contributed by atoms with Gasteiger partial charge in [0.05, 0.1) is 5.30 Å². The topological polar surface area (TPSA) is 94.8 Å². The number of aliphatic carboxylic acids is 1. The molecule has 0 aliphatic carbocycles. The first-order valence-corrected chi connectivity index (χ1v) is 6.30. The third-order valence-electron chi connectivity index (χ3n) is 2.29. The van der Waals surface area contributed by atoms with Crippen LogP contribution in [0.25, 0.3) is 0 Å². The van der Waals surface area contributed by atoms with Gasteiger partial charge in [0.25, 0.3) is 0 Å². The van der Waals surface area contributed by atoms with Crippen LogP contribution in [0, 0.1) is 6.92 Å². The fourth-order valence-electron chi connectivity index (χ4n) is 1.52. The van der Waals surface area contributed by atoms with Crippen LogP contribution in [0.1, 0.15) is 17.5 Å². The molecule has 0 atom stereocenters. The van der Waals surface area contributed by atoms with Crippen LogP contribution in [0.3, 0.4) is 0 Å². The largest absolute Gasteiger partial charge is 0.481 e. The number of hydrogen-bond acceptors (Lipinski definition) is 2. The van der Waals surface area contributed by atoms with E-state index in [1.807, 2.05) is 0 Å². The van der Waals surface area contributed by atoms with Gasteiger partial charge >= 0.3 is 13.6 Å². The van der Waals surface area contributed by atoms with Crippen LogP contribution in [0.2, 0.25) is 0 Å². The van der Waals surface area contributed by atoms with Crippen molar-refractivity contribution in [1.29, 1.82) is 0 Å². The molecular weight excluding hydrogens is 231 g/mol. The highest BCUT2D eigenvalue weighted by Gasteiger charge is 2.22. The molecule has 6 heteroatoms. The summed E-state index contributed by atoms with van der Waals surface area (Å²) >= 11 is 0. The summed E-state index contributed by atoms with van der Waals surface area (Å²) in [7, 11) is -4.34. The molecule has 16 heavy (non-hydrogen) atoms. The first-order chi connectivity index (χ1) is 7.32. The maximum absolute atomic E-state index is 11.2. The minimum Gasteiger partial charge on any atom is -0.481 e. The van der Waals surface area contributed by atoms with E-state index in [0.29, 0.717) is 11.1 Å². The van der Waals surface area contributed by atoms with Gasteiger partial charge in [-0.15, -0.1) is 0 Å². The average molecular weight is 244 g/mol. The molecule has 0 radical (unpaired) electrons. The molecule has 0 aliphatic heterocycles. The molecule has 3 N–H and O–H groups in total. The van der Waals surface area contributed by atoms with Crippen LogP contribution < -0.4 is 5.30 Å². The number of rotatable bonds is 4. The van der Waals surface area contributed by atoms with Crippen LogP contribution in [0.4, 0.5) is 0 Å². The van der Waals surface area contributed by atoms with E-state index in [4.69, 9.17) is 14.9 Å². The average Bonchev–Trinajstić information content (AvgIpc) is 2.13. The number of benzene rings is 1. The van der Waals surface area contributed by atoms with Crippen molar-refractivity contribution >= 4 is 18.9 Å². The summed E-state index contributed by atoms with van der Waals surface area (Å²) in [4.78, 5) is 28.7. The molecule has 0 bridgehead atoms. The van der Waals surface area contributed by atoms with Crippen LogP contribution in [0.5, 0.6) is 0 Å². The Morgan fingerprint density at radius 3 is 2.50 bits per heavy atom. The number of hydrogen-bond donors (Lipinski definition) is 3. The van der Waals surface area contributed by atoms with Gasteiger partial charge in [0.1, 0.15) is 0 Å². The lowest BCUT2D eigenvalue weighted by Gasteiger charge is -2.12. The molecule has 0 aromatic heterocycles. The highest BCUT2D eigenvalue weighted by Crippen LogP contribution is 2.35. The third kappa shape index (κ3) is 3.17. The second-order valence-electron chi connectivity index (χ2n) is 3.51. The molecule has 0 aliphatic rings. The van der Waals surface area contributed by atoms with Crippen LogP contribution in [-0.4, -0.2) is 20.9 Å². The van der Waals surface area contributed by atoms with E-state index in [-0.39, 0.29) is 18.1 Å². The van der Waals surface area contributed by atoms with E-state index >= 15 is 0 Å². The summed E-state index contributed by atoms with van der Waals surface area (Å²) in [5, 5.41) is 8.49. The van der Waals surface area contributed by atoms with Gasteiger partial charge in [0.2, 0.25) is 0 Å². The van der Waals surface area contributed by atoms with Crippen molar-refractivity contribution in [2.24, 2.45) is 0 Å². The summed E-state index contributed by atoms with van der Waals surface area (Å²) in [5.74, 6) is -0.986. The monoisotopic (exact) mass is 244 g/mol. The molecule has 1 aromatic rings. The molecule has 88 valence electrons. The van der Waals surface area contributed by atoms with Crippen molar-refractivity contribution < 1.29 is 24.3 Å². The minimum atomic E-state index is -4.34. The smallest absolute Gasteiger partial charge is 0.356 e. The molecule has 1 aromatic carbocycles. The Balaban J connectivity index is 3.14. The van der Waals surface area contributed by atoms with Gasteiger partial charge in [-0.25, -0.2) is 0 Å². The summed E-state index contributed by atoms with van der Waals surface area (Å²) in [6.45, 7) is 1.70. The van der Waals surface area contributed by atoms with Crippen molar-refractivity contribution in [3.63, 3.8) is 0 Å². The van der Waals surface area contributed by atoms with Crippen molar-refractivity contribution in [3.05, 3.63) is 29.3 Å². The molecule has 0 amide bonds. The van der Waals surface area contributed by atoms with Crippen LogP contribution >= 0.6 is 7.60 Å². The summed E-state index contributed by atoms with van der Waals surface area (Å²) < 4.78 is 11.2. The quantitative estimate of drug-likeness (QED) is 0.681. The summed E-state index contributed by atoms with van der Waals surface area (Å²) in [6.07, 6.45) is -0.0136. The maximum Gasteiger partial charge on any atom is 0.356 e. The second-order valence-corrected chi connectivity index (χ2v) is 5.08. The van der Waals surface area contributed by atoms with Gasteiger partial charge < -0.3 is 14.9 Å². The van der Waals surface area contributed by atoms with Gasteiger partial charge in [-0.3, -0.25) is 9.36 Å². The molecule has 5 nitrogen and oxygen atoms in total. The van der Waals surface area contributed by atoms with Gasteiger partial charge in [-0.1, -0.05) is 12.1 Å². The Hall–Kier alpha value is -1.16. The molecule has 0 unspecified atom stereocenters. The first kappa shape index (κ1) is 12.9. The van der Waals surface area contributed by atoms with E-state index in [0.717, 1.165) is 0 Å². The van der Waals surface area contributed by atoms with Gasteiger partial charge in [-0.2, -0.15) is 0 Å². The Morgan fingerprint density at radius 2 is 2.00 bits per heavy atom. The summed E-state index contributed by atoms with van der Waals surface area (Å²) in [5.41, 5.74) is 1.13. The molecule has 1 rings (SSSR count). The van der Waals surface area contributed by atoms with Gasteiger partial charge in [0, 0.05) is 6.42 Å². The van der Waals surface area contributed by atoms with E-state index < -0.39 is 13.6 Å². The van der Waals surface area contributed by atoms with Crippen LogP contribution in [0.15, 0.2) is 18.2 Å². The number of aryl methyl sites for hydroxylation is 1. The second kappa shape index (κ2) is 4.78. The predicted octanol–water partition coefficient (Wildman–Crippen LogP) is 0.815. The van der Waals surface area contributed by atoms with Gasteiger partial charge in [0.15, 0.2) is 0 Å². The van der Waals surface area contributed by atoms with E-state index in [1.54, 1.807) is 19.1 Å². The first-order valence-electron chi connectivity index (χ1n) is 4.69. The van der Waals surface area contributed by atoms with Crippen LogP contribution in [-0.2, 0) is 15.8 Å². The van der Waals surface area contributed by atoms with E-state index in [9.17, 15) is 9.36 Å². The van der Waals surface area contributed by atoms with Gasteiger partial charge in [-0.05, 0) is 30.5 Å². The number of carbonyl (C=O) groups is 1. The SMILES string of the molecule is Cc1cccc(P(=O)(O)O)c1CCC(=O)O. The Labute approximate surface area is 92.9 Å². The predicted molar refractivity (Wildman–Crippen MR) is 58.8 cm³/mol. The lowest BCUT2D eigenvalue weighted by atomic mass is 10.0. The highest BCUT2D eigenvalue weighted by molar-refractivity contribution is 7.60. The maximum atomic E-state index is 11.2. The molecule has 0 saturated carbocycles. The fourth-order valence-corrected chi connectivity index (χ4v) is 2.44. The zero-order chi connectivity index (χ0) is 12.3. The fraction of sp³-hybridized carbons (Fsp3) is 0.300. The van der Waals surface area contributed by atoms with E-state index in [2.05, 4.69) is 0 Å². The molecular formula is C10H13O5P. The highest BCUT2D eigenvalue weighted by atomic mass is 31.2. The minimum absolute atomic E-state index is 0.0752. The standard InChI is InChI=1S/C10H13O5P/c1-7-3-2-4-9(16(13,14)15)8(7)5-6-10(11)12/h2-4H,5-6H2,1H3,(H,11,12)(H2,13,14,15). The van der Waals surface area contributed by atoms with Crippen molar-refractivity contribution in [3.8, 4) is 0 Å². The lowest BCUT2D eigenvalue weighted by Crippen LogP contribution is -2.14. The van der Waals surface area contributed by atoms with E-state index in [1.165, 1.54) is 6.07 Å². The molecule has 0 heterocycles. The van der Waals surface area contributed by atoms with Crippen molar-refractivity contribution in [1.82, 2.24) is 0 Å². The van der Waals surface area contributed by atoms with Crippen molar-refractivity contribution in [2.45, 2.75) is 19.8 Å². The normalized spacial score (nSPS) is 11.4. The Bertz CT molecular complexity index is 449. The lowest BCUT2D eigenvalue weighted by molar-refractivity contribution is -0.136. The number of carboxylic acid groups (broad SMARTS) is 1. The van der Waals surface area contributed by atoms with Crippen molar-refractivity contribution in [2.75, 3.05) is 0 Å². The number of carboxylic acids is 1. The Kier molecular flexibility index (Phi) is 3.86. The molecule has 0 spiro atoms. The Morgan fingerprint density at radius 1 is 1.38 bits per heavy atom. The molecule has 0 saturated heterocycles. The third-order valence-corrected chi connectivity index (χ3v) is 3.33. The molecule has 0 fully saturated rings. The summed E-state index contributed by atoms with van der Waals surface area (Å²) in [6, 6.07) is 4.59.